The number of thioether (sulfide) groups is 1. The number of hydrogen-bond donors (Lipinski definition) is 1. The summed E-state index contributed by atoms with van der Waals surface area (Å²) in [5.74, 6) is 0.589. The maximum atomic E-state index is 11.6. The van der Waals surface area contributed by atoms with Crippen LogP contribution in [0.4, 0.5) is 10.5 Å². The minimum atomic E-state index is -1.11. The molecule has 0 heterocycles. The van der Waals surface area contributed by atoms with Crippen LogP contribution in [0.25, 0.3) is 0 Å². The zero-order chi connectivity index (χ0) is 17.4. The number of carbonyl (C=O) groups excluding carboxylic acids is 2. The van der Waals surface area contributed by atoms with E-state index in [2.05, 4.69) is 0 Å². The molecule has 1 aromatic rings. The van der Waals surface area contributed by atoms with E-state index in [0.29, 0.717) is 17.6 Å². The van der Waals surface area contributed by atoms with Crippen molar-refractivity contribution in [3.8, 4) is 5.75 Å². The Kier molecular flexibility index (Phi) is 7.49. The fourth-order valence-corrected chi connectivity index (χ4v) is 2.42. The lowest BCUT2D eigenvalue weighted by atomic mass is 10.1. The van der Waals surface area contributed by atoms with Gasteiger partial charge in [-0.3, -0.25) is 10.1 Å². The first-order valence-electron chi connectivity index (χ1n) is 6.63. The fraction of sp³-hybridized carbons (Fsp3) is 0.429. The lowest BCUT2D eigenvalue weighted by Crippen LogP contribution is -2.10. The molecule has 0 aliphatic rings. The smallest absolute Gasteiger partial charge is 0.367 e. The van der Waals surface area contributed by atoms with Crippen LogP contribution in [-0.4, -0.2) is 40.6 Å². The summed E-state index contributed by atoms with van der Waals surface area (Å²) in [7, 11) is 1.41. The standard InChI is InChI=1S/C14H17NO7S/c1-9-5-10(12(15(19)20)6-13(9)21-2)8-22-14(18)23-4-3-11(17)7-16/h5-7,11,17H,3-4,8H2,1-2H3. The highest BCUT2D eigenvalue weighted by Gasteiger charge is 2.19. The van der Waals surface area contributed by atoms with E-state index in [1.54, 1.807) is 6.92 Å². The van der Waals surface area contributed by atoms with Gasteiger partial charge in [-0.15, -0.1) is 0 Å². The second kappa shape index (κ2) is 9.11. The molecule has 0 amide bonds. The van der Waals surface area contributed by atoms with Crippen LogP contribution in [0.3, 0.4) is 0 Å². The Hall–Kier alpha value is -2.13. The number of nitro groups is 1. The number of aliphatic hydroxyl groups is 1. The van der Waals surface area contributed by atoms with E-state index in [4.69, 9.17) is 14.6 Å². The minimum absolute atomic E-state index is 0.130. The van der Waals surface area contributed by atoms with Crippen LogP contribution in [0, 0.1) is 17.0 Å². The number of hydrogen-bond acceptors (Lipinski definition) is 8. The van der Waals surface area contributed by atoms with Gasteiger partial charge in [-0.25, -0.2) is 4.79 Å². The number of aldehydes is 1. The lowest BCUT2D eigenvalue weighted by Gasteiger charge is -2.09. The SMILES string of the molecule is COc1cc([N+](=O)[O-])c(COC(=O)SCCC(O)C=O)cc1C. The number of nitrogens with zero attached hydrogens (tertiary/aromatic N) is 1. The summed E-state index contributed by atoms with van der Waals surface area (Å²) in [6, 6.07) is 2.82. The number of nitro benzene ring substituents is 1. The monoisotopic (exact) mass is 343 g/mol. The Morgan fingerprint density at radius 2 is 2.22 bits per heavy atom. The average molecular weight is 343 g/mol. The Labute approximate surface area is 136 Å². The molecule has 0 aliphatic heterocycles. The maximum Gasteiger partial charge on any atom is 0.367 e. The van der Waals surface area contributed by atoms with Crippen molar-refractivity contribution in [1.82, 2.24) is 0 Å². The van der Waals surface area contributed by atoms with Gasteiger partial charge in [0.05, 0.1) is 23.7 Å². The Balaban J connectivity index is 2.66. The van der Waals surface area contributed by atoms with Gasteiger partial charge in [-0.1, -0.05) is 0 Å². The van der Waals surface area contributed by atoms with Crippen LogP contribution in [0.5, 0.6) is 5.75 Å². The summed E-state index contributed by atoms with van der Waals surface area (Å²) in [4.78, 5) is 32.3. The van der Waals surface area contributed by atoms with Crippen molar-refractivity contribution in [2.45, 2.75) is 26.1 Å². The molecule has 1 N–H and O–H groups in total. The molecule has 1 aromatic carbocycles. The third-order valence-corrected chi connectivity index (χ3v) is 3.72. The topological polar surface area (TPSA) is 116 Å². The third kappa shape index (κ3) is 5.87. The number of ether oxygens (including phenoxy) is 2. The van der Waals surface area contributed by atoms with Gasteiger partial charge in [0.25, 0.3) is 5.69 Å². The van der Waals surface area contributed by atoms with E-state index in [0.717, 1.165) is 11.8 Å². The van der Waals surface area contributed by atoms with E-state index in [1.165, 1.54) is 19.2 Å². The van der Waals surface area contributed by atoms with Crippen molar-refractivity contribution in [3.63, 3.8) is 0 Å². The van der Waals surface area contributed by atoms with Crippen LogP contribution >= 0.6 is 11.8 Å². The molecule has 0 saturated heterocycles. The highest BCUT2D eigenvalue weighted by molar-refractivity contribution is 8.13. The molecule has 1 rings (SSSR count). The number of aliphatic hydroxyl groups excluding tert-OH is 1. The number of benzene rings is 1. The summed E-state index contributed by atoms with van der Waals surface area (Å²) in [5.41, 5.74) is 0.753. The van der Waals surface area contributed by atoms with Crippen LogP contribution < -0.4 is 4.74 Å². The highest BCUT2D eigenvalue weighted by Crippen LogP contribution is 2.29. The van der Waals surface area contributed by atoms with Gasteiger partial charge in [0.1, 0.15) is 24.7 Å². The average Bonchev–Trinajstić information content (AvgIpc) is 2.52. The minimum Gasteiger partial charge on any atom is -0.496 e. The van der Waals surface area contributed by atoms with Crippen LogP contribution in [0.1, 0.15) is 17.5 Å². The molecule has 0 radical (unpaired) electrons. The fourth-order valence-electron chi connectivity index (χ4n) is 1.75. The first-order valence-corrected chi connectivity index (χ1v) is 7.62. The zero-order valence-corrected chi connectivity index (χ0v) is 13.5. The Morgan fingerprint density at radius 1 is 1.52 bits per heavy atom. The van der Waals surface area contributed by atoms with E-state index in [9.17, 15) is 19.7 Å². The van der Waals surface area contributed by atoms with Crippen molar-refractivity contribution in [2.24, 2.45) is 0 Å². The number of carbonyl (C=O) groups is 2. The molecule has 8 nitrogen and oxygen atoms in total. The van der Waals surface area contributed by atoms with E-state index >= 15 is 0 Å². The Bertz CT molecular complexity index is 591. The van der Waals surface area contributed by atoms with Crippen molar-refractivity contribution in [3.05, 3.63) is 33.4 Å². The predicted molar refractivity (Wildman–Crippen MR) is 83.7 cm³/mol. The number of methoxy groups -OCH3 is 1. The summed E-state index contributed by atoms with van der Waals surface area (Å²) in [5, 5.41) is 19.5. The molecule has 0 saturated carbocycles. The zero-order valence-electron chi connectivity index (χ0n) is 12.7. The molecule has 0 spiro atoms. The van der Waals surface area contributed by atoms with E-state index in [-0.39, 0.29) is 30.0 Å². The highest BCUT2D eigenvalue weighted by atomic mass is 32.2. The molecule has 0 aliphatic carbocycles. The quantitative estimate of drug-likeness (QED) is 0.330. The van der Waals surface area contributed by atoms with Gasteiger partial charge in [0, 0.05) is 5.75 Å². The molecule has 1 unspecified atom stereocenters. The second-order valence-corrected chi connectivity index (χ2v) is 5.62. The van der Waals surface area contributed by atoms with Gasteiger partial charge >= 0.3 is 5.30 Å². The summed E-state index contributed by atoms with van der Waals surface area (Å²) in [6.45, 7) is 1.48. The molecule has 1 atom stereocenters. The van der Waals surface area contributed by atoms with Crippen LogP contribution in [-0.2, 0) is 16.1 Å². The molecule has 23 heavy (non-hydrogen) atoms. The van der Waals surface area contributed by atoms with Gasteiger partial charge < -0.3 is 19.4 Å². The lowest BCUT2D eigenvalue weighted by molar-refractivity contribution is -0.385. The molecule has 0 aromatic heterocycles. The molecule has 9 heteroatoms. The number of aryl methyl sites for hydroxylation is 1. The first kappa shape index (κ1) is 18.9. The third-order valence-electron chi connectivity index (χ3n) is 2.93. The van der Waals surface area contributed by atoms with Crippen molar-refractivity contribution in [1.29, 1.82) is 0 Å². The maximum absolute atomic E-state index is 11.6. The van der Waals surface area contributed by atoms with Gasteiger partial charge in [0.15, 0.2) is 0 Å². The molecule has 0 fully saturated rings. The van der Waals surface area contributed by atoms with Crippen LogP contribution in [0.2, 0.25) is 0 Å². The summed E-state index contributed by atoms with van der Waals surface area (Å²) >= 11 is 0.791. The van der Waals surface area contributed by atoms with Gasteiger partial charge in [-0.2, -0.15) is 0 Å². The van der Waals surface area contributed by atoms with E-state index < -0.39 is 16.3 Å². The van der Waals surface area contributed by atoms with Crippen molar-refractivity contribution < 1.29 is 29.1 Å². The molecule has 126 valence electrons. The van der Waals surface area contributed by atoms with Crippen molar-refractivity contribution in [2.75, 3.05) is 12.9 Å². The second-order valence-electron chi connectivity index (χ2n) is 4.59. The van der Waals surface area contributed by atoms with Gasteiger partial charge in [-0.05, 0) is 36.7 Å². The van der Waals surface area contributed by atoms with E-state index in [1.807, 2.05) is 0 Å². The Morgan fingerprint density at radius 3 is 2.78 bits per heavy atom. The first-order chi connectivity index (χ1) is 10.9. The normalized spacial score (nSPS) is 11.6. The predicted octanol–water partition coefficient (Wildman–Crippen LogP) is 2.23. The largest absolute Gasteiger partial charge is 0.496 e. The molecular weight excluding hydrogens is 326 g/mol. The molecular formula is C14H17NO7S. The van der Waals surface area contributed by atoms with Crippen LogP contribution in [0.15, 0.2) is 12.1 Å². The summed E-state index contributed by atoms with van der Waals surface area (Å²) < 4.78 is 10.0. The molecule has 0 bridgehead atoms. The van der Waals surface area contributed by atoms with Gasteiger partial charge in [0.2, 0.25) is 0 Å². The van der Waals surface area contributed by atoms with Crippen molar-refractivity contribution >= 4 is 29.0 Å². The summed E-state index contributed by atoms with van der Waals surface area (Å²) in [6.07, 6.45) is -0.596. The number of rotatable bonds is 8.